The number of fused-ring (bicyclic) bond motifs is 1. The fourth-order valence-electron chi connectivity index (χ4n) is 3.36. The molecule has 4 heterocycles. The molecule has 1 fully saturated rings. The molecule has 1 saturated heterocycles. The summed E-state index contributed by atoms with van der Waals surface area (Å²) < 4.78 is 0. The first-order valence-corrected chi connectivity index (χ1v) is 8.92. The van der Waals surface area contributed by atoms with Gasteiger partial charge < -0.3 is 15.2 Å². The minimum atomic E-state index is -0.333. The standard InChI is InChI=1S/C18H16ClN7O/c19-11-8-12-13(10-24-16(12)23-9-11)17-21-5-3-15(25-17)26-7-1-2-14(26)18(27)22-6-4-20/h3,5,8-10,14H,1-2,6-7H2,(H,22,27)(H,23,24)/t14-/m1/s1. The molecule has 1 amide bonds. The van der Waals surface area contributed by atoms with Crippen LogP contribution in [0, 0.1) is 11.3 Å². The number of aromatic nitrogens is 4. The highest BCUT2D eigenvalue weighted by atomic mass is 35.5. The summed E-state index contributed by atoms with van der Waals surface area (Å²) in [6, 6.07) is 5.21. The highest BCUT2D eigenvalue weighted by molar-refractivity contribution is 6.31. The van der Waals surface area contributed by atoms with E-state index in [1.54, 1.807) is 24.7 Å². The Labute approximate surface area is 160 Å². The number of carbonyl (C=O) groups excluding carboxylic acids is 1. The third-order valence-corrected chi connectivity index (χ3v) is 4.78. The first-order valence-electron chi connectivity index (χ1n) is 8.54. The summed E-state index contributed by atoms with van der Waals surface area (Å²) in [6.45, 7) is 0.726. The van der Waals surface area contributed by atoms with Crippen molar-refractivity contribution in [2.75, 3.05) is 18.0 Å². The molecule has 0 aliphatic carbocycles. The molecule has 0 radical (unpaired) electrons. The van der Waals surface area contributed by atoms with Crippen molar-refractivity contribution in [3.05, 3.63) is 35.7 Å². The maximum atomic E-state index is 12.3. The number of anilines is 1. The summed E-state index contributed by atoms with van der Waals surface area (Å²) in [5.74, 6) is 1.06. The highest BCUT2D eigenvalue weighted by Crippen LogP contribution is 2.30. The highest BCUT2D eigenvalue weighted by Gasteiger charge is 2.31. The Morgan fingerprint density at radius 3 is 3.22 bits per heavy atom. The first kappa shape index (κ1) is 17.2. The fraction of sp³-hybridized carbons (Fsp3) is 0.278. The van der Waals surface area contributed by atoms with E-state index in [9.17, 15) is 4.79 Å². The number of carbonyl (C=O) groups is 1. The SMILES string of the molecule is N#CCNC(=O)[C@H]1CCCN1c1ccnc(-c2c[nH]c3ncc(Cl)cc23)n1. The normalized spacial score (nSPS) is 16.4. The van der Waals surface area contributed by atoms with Gasteiger partial charge in [0.25, 0.3) is 0 Å². The van der Waals surface area contributed by atoms with Gasteiger partial charge in [-0.05, 0) is 25.0 Å². The number of hydrogen-bond donors (Lipinski definition) is 2. The lowest BCUT2D eigenvalue weighted by Gasteiger charge is -2.24. The van der Waals surface area contributed by atoms with Crippen molar-refractivity contribution in [1.82, 2.24) is 25.3 Å². The predicted molar refractivity (Wildman–Crippen MR) is 101 cm³/mol. The molecule has 0 unspecified atom stereocenters. The van der Waals surface area contributed by atoms with Crippen molar-refractivity contribution in [2.45, 2.75) is 18.9 Å². The van der Waals surface area contributed by atoms with E-state index in [1.165, 1.54) is 0 Å². The second kappa shape index (κ2) is 7.21. The van der Waals surface area contributed by atoms with Crippen molar-refractivity contribution in [2.24, 2.45) is 0 Å². The maximum absolute atomic E-state index is 12.3. The molecule has 1 aliphatic rings. The van der Waals surface area contributed by atoms with Crippen LogP contribution in [0.5, 0.6) is 0 Å². The Hall–Kier alpha value is -3.18. The molecule has 1 aliphatic heterocycles. The van der Waals surface area contributed by atoms with E-state index in [-0.39, 0.29) is 18.5 Å². The number of halogens is 1. The molecular formula is C18H16ClN7O. The van der Waals surface area contributed by atoms with E-state index in [1.807, 2.05) is 17.0 Å². The average Bonchev–Trinajstić information content (AvgIpc) is 3.33. The van der Waals surface area contributed by atoms with Crippen molar-refractivity contribution in [1.29, 1.82) is 5.26 Å². The monoisotopic (exact) mass is 381 g/mol. The van der Waals surface area contributed by atoms with E-state index in [4.69, 9.17) is 16.9 Å². The summed E-state index contributed by atoms with van der Waals surface area (Å²) >= 11 is 6.07. The van der Waals surface area contributed by atoms with E-state index in [0.29, 0.717) is 22.3 Å². The molecule has 136 valence electrons. The van der Waals surface area contributed by atoms with Gasteiger partial charge in [-0.15, -0.1) is 0 Å². The number of nitrogens with one attached hydrogen (secondary N) is 2. The van der Waals surface area contributed by atoms with Gasteiger partial charge >= 0.3 is 0 Å². The van der Waals surface area contributed by atoms with Gasteiger partial charge in [-0.1, -0.05) is 11.6 Å². The lowest BCUT2D eigenvalue weighted by atomic mass is 10.2. The summed E-state index contributed by atoms with van der Waals surface area (Å²) in [7, 11) is 0. The zero-order valence-corrected chi connectivity index (χ0v) is 15.1. The Bertz CT molecular complexity index is 1040. The van der Waals surface area contributed by atoms with Crippen molar-refractivity contribution in [3.8, 4) is 17.5 Å². The van der Waals surface area contributed by atoms with Gasteiger partial charge in [-0.3, -0.25) is 4.79 Å². The minimum absolute atomic E-state index is 0.00129. The van der Waals surface area contributed by atoms with Crippen LogP contribution in [0.4, 0.5) is 5.82 Å². The van der Waals surface area contributed by atoms with Crippen LogP contribution >= 0.6 is 11.6 Å². The van der Waals surface area contributed by atoms with Crippen molar-refractivity contribution >= 4 is 34.4 Å². The zero-order chi connectivity index (χ0) is 18.8. The van der Waals surface area contributed by atoms with Crippen LogP contribution < -0.4 is 10.2 Å². The van der Waals surface area contributed by atoms with Crippen LogP contribution in [0.25, 0.3) is 22.4 Å². The number of rotatable bonds is 4. The second-order valence-electron chi connectivity index (χ2n) is 6.22. The number of pyridine rings is 1. The molecule has 3 aromatic rings. The van der Waals surface area contributed by atoms with E-state index in [2.05, 4.69) is 25.3 Å². The molecule has 0 bridgehead atoms. The summed E-state index contributed by atoms with van der Waals surface area (Å²) in [5, 5.41) is 12.7. The number of aromatic amines is 1. The number of nitriles is 1. The topological polar surface area (TPSA) is 111 Å². The molecule has 3 aromatic heterocycles. The Kier molecular flexibility index (Phi) is 4.60. The molecule has 2 N–H and O–H groups in total. The molecule has 4 rings (SSSR count). The maximum Gasteiger partial charge on any atom is 0.243 e. The van der Waals surface area contributed by atoms with Crippen LogP contribution in [0.15, 0.2) is 30.7 Å². The number of nitrogens with zero attached hydrogens (tertiary/aromatic N) is 5. The molecule has 0 saturated carbocycles. The largest absolute Gasteiger partial charge is 0.345 e. The van der Waals surface area contributed by atoms with Gasteiger partial charge in [0.15, 0.2) is 5.82 Å². The van der Waals surface area contributed by atoms with Gasteiger partial charge in [0, 0.05) is 36.1 Å². The van der Waals surface area contributed by atoms with E-state index >= 15 is 0 Å². The lowest BCUT2D eigenvalue weighted by molar-refractivity contribution is -0.121. The fourth-order valence-corrected chi connectivity index (χ4v) is 3.52. The quantitative estimate of drug-likeness (QED) is 0.671. The molecule has 1 atom stereocenters. The number of hydrogen-bond acceptors (Lipinski definition) is 6. The Morgan fingerprint density at radius 1 is 1.48 bits per heavy atom. The molecule has 0 spiro atoms. The Morgan fingerprint density at radius 2 is 2.37 bits per heavy atom. The van der Waals surface area contributed by atoms with Gasteiger partial charge in [0.05, 0.1) is 11.1 Å². The number of H-pyrrole nitrogens is 1. The third kappa shape index (κ3) is 3.29. The summed E-state index contributed by atoms with van der Waals surface area (Å²) in [5.41, 5.74) is 1.50. The Balaban J connectivity index is 1.67. The van der Waals surface area contributed by atoms with Crippen LogP contribution in [-0.2, 0) is 4.79 Å². The molecule has 0 aromatic carbocycles. The third-order valence-electron chi connectivity index (χ3n) is 4.57. The predicted octanol–water partition coefficient (Wildman–Crippen LogP) is 2.28. The van der Waals surface area contributed by atoms with Crippen LogP contribution in [0.3, 0.4) is 0 Å². The first-order chi connectivity index (χ1) is 13.2. The molecule has 9 heteroatoms. The lowest BCUT2D eigenvalue weighted by Crippen LogP contribution is -2.43. The summed E-state index contributed by atoms with van der Waals surface area (Å²) in [6.07, 6.45) is 6.67. The summed E-state index contributed by atoms with van der Waals surface area (Å²) in [4.78, 5) is 30.7. The minimum Gasteiger partial charge on any atom is -0.345 e. The smallest absolute Gasteiger partial charge is 0.243 e. The van der Waals surface area contributed by atoms with Gasteiger partial charge in [-0.2, -0.15) is 5.26 Å². The van der Waals surface area contributed by atoms with Gasteiger partial charge in [0.2, 0.25) is 5.91 Å². The molecule has 27 heavy (non-hydrogen) atoms. The van der Waals surface area contributed by atoms with E-state index in [0.717, 1.165) is 30.3 Å². The van der Waals surface area contributed by atoms with Crippen LogP contribution in [0.2, 0.25) is 5.02 Å². The van der Waals surface area contributed by atoms with Gasteiger partial charge in [-0.25, -0.2) is 15.0 Å². The number of amides is 1. The van der Waals surface area contributed by atoms with E-state index < -0.39 is 0 Å². The van der Waals surface area contributed by atoms with Crippen LogP contribution in [-0.4, -0.2) is 45.0 Å². The van der Waals surface area contributed by atoms with Gasteiger partial charge in [0.1, 0.15) is 24.1 Å². The average molecular weight is 382 g/mol. The van der Waals surface area contributed by atoms with Crippen molar-refractivity contribution in [3.63, 3.8) is 0 Å². The second-order valence-corrected chi connectivity index (χ2v) is 6.65. The zero-order valence-electron chi connectivity index (χ0n) is 14.3. The van der Waals surface area contributed by atoms with Crippen LogP contribution in [0.1, 0.15) is 12.8 Å². The molecule has 8 nitrogen and oxygen atoms in total. The molecular weight excluding hydrogens is 366 g/mol. The van der Waals surface area contributed by atoms with Crippen molar-refractivity contribution < 1.29 is 4.79 Å².